The van der Waals surface area contributed by atoms with Gasteiger partial charge in [-0.2, -0.15) is 4.80 Å². The lowest BCUT2D eigenvalue weighted by atomic mass is 9.82. The first-order valence-electron chi connectivity index (χ1n) is 5.47. The van der Waals surface area contributed by atoms with E-state index in [2.05, 4.69) is 34.6 Å². The number of nitrogens with one attached hydrogen (secondary N) is 1. The fourth-order valence-electron chi connectivity index (χ4n) is 2.05. The van der Waals surface area contributed by atoms with E-state index in [0.717, 1.165) is 18.8 Å². The van der Waals surface area contributed by atoms with Gasteiger partial charge in [-0.05, 0) is 24.1 Å². The van der Waals surface area contributed by atoms with Crippen molar-refractivity contribution in [1.29, 1.82) is 0 Å². The summed E-state index contributed by atoms with van der Waals surface area (Å²) in [5.74, 6) is 0.837. The third kappa shape index (κ3) is 3.58. The lowest BCUT2D eigenvalue weighted by Crippen LogP contribution is -2.32. The molecule has 0 amide bonds. The molecule has 0 fully saturated rings. The van der Waals surface area contributed by atoms with E-state index in [-0.39, 0.29) is 5.41 Å². The Morgan fingerprint density at radius 2 is 2.20 bits per heavy atom. The van der Waals surface area contributed by atoms with Gasteiger partial charge in [-0.1, -0.05) is 20.3 Å². The molecule has 0 spiro atoms. The molecule has 1 unspecified atom stereocenters. The second kappa shape index (κ2) is 5.21. The fraction of sp³-hybridized carbons (Fsp3) is 0.900. The highest BCUT2D eigenvalue weighted by molar-refractivity contribution is 4.89. The Hall–Kier alpha value is -0.970. The van der Waals surface area contributed by atoms with Crippen LogP contribution >= 0.6 is 0 Å². The average molecular weight is 211 g/mol. The fourth-order valence-corrected chi connectivity index (χ4v) is 2.05. The summed E-state index contributed by atoms with van der Waals surface area (Å²) in [6.45, 7) is 5.46. The third-order valence-corrected chi connectivity index (χ3v) is 2.59. The van der Waals surface area contributed by atoms with E-state index in [0.29, 0.717) is 0 Å². The molecule has 5 nitrogen and oxygen atoms in total. The molecule has 1 aromatic heterocycles. The average Bonchev–Trinajstić information content (AvgIpc) is 2.51. The molecule has 1 rings (SSSR count). The van der Waals surface area contributed by atoms with E-state index >= 15 is 0 Å². The van der Waals surface area contributed by atoms with Crippen molar-refractivity contribution >= 4 is 0 Å². The van der Waals surface area contributed by atoms with Crippen LogP contribution in [0.15, 0.2) is 0 Å². The van der Waals surface area contributed by atoms with Crippen molar-refractivity contribution in [2.45, 2.75) is 33.1 Å². The molecule has 0 aliphatic rings. The summed E-state index contributed by atoms with van der Waals surface area (Å²) in [5, 5.41) is 15.4. The van der Waals surface area contributed by atoms with Crippen LogP contribution in [0, 0.1) is 5.41 Å². The maximum Gasteiger partial charge on any atom is 0.175 e. The van der Waals surface area contributed by atoms with Gasteiger partial charge in [0.15, 0.2) is 5.82 Å². The van der Waals surface area contributed by atoms with Crippen molar-refractivity contribution in [2.24, 2.45) is 12.5 Å². The Kier molecular flexibility index (Phi) is 4.20. The van der Waals surface area contributed by atoms with Crippen LogP contribution in [-0.2, 0) is 13.5 Å². The van der Waals surface area contributed by atoms with Crippen LogP contribution in [0.1, 0.15) is 32.5 Å². The van der Waals surface area contributed by atoms with Crippen molar-refractivity contribution < 1.29 is 0 Å². The van der Waals surface area contributed by atoms with E-state index in [1.54, 1.807) is 7.05 Å². The summed E-state index contributed by atoms with van der Waals surface area (Å²) in [6, 6.07) is 0. The van der Waals surface area contributed by atoms with E-state index in [1.807, 2.05) is 7.05 Å². The van der Waals surface area contributed by atoms with E-state index in [4.69, 9.17) is 0 Å². The number of aryl methyl sites for hydroxylation is 1. The molecule has 0 saturated heterocycles. The Balaban J connectivity index is 2.65. The molecule has 86 valence electrons. The number of tetrazole rings is 1. The van der Waals surface area contributed by atoms with Gasteiger partial charge in [0.05, 0.1) is 7.05 Å². The second-order valence-electron chi connectivity index (χ2n) is 4.46. The number of hydrogen-bond acceptors (Lipinski definition) is 4. The molecular formula is C10H21N5. The Labute approximate surface area is 91.2 Å². The maximum absolute atomic E-state index is 4.23. The highest BCUT2D eigenvalue weighted by atomic mass is 15.6. The van der Waals surface area contributed by atoms with Crippen LogP contribution in [0.25, 0.3) is 0 Å². The van der Waals surface area contributed by atoms with Crippen molar-refractivity contribution in [3.8, 4) is 0 Å². The van der Waals surface area contributed by atoms with E-state index < -0.39 is 0 Å². The van der Waals surface area contributed by atoms with Gasteiger partial charge < -0.3 is 5.32 Å². The van der Waals surface area contributed by atoms with Gasteiger partial charge in [0.2, 0.25) is 0 Å². The maximum atomic E-state index is 4.23. The Morgan fingerprint density at radius 1 is 1.47 bits per heavy atom. The summed E-state index contributed by atoms with van der Waals surface area (Å²) in [6.07, 6.45) is 3.24. The molecule has 0 aliphatic carbocycles. The van der Waals surface area contributed by atoms with Crippen molar-refractivity contribution in [1.82, 2.24) is 25.5 Å². The van der Waals surface area contributed by atoms with Gasteiger partial charge >= 0.3 is 0 Å². The molecule has 0 aromatic carbocycles. The zero-order chi connectivity index (χ0) is 11.3. The first kappa shape index (κ1) is 12.1. The van der Waals surface area contributed by atoms with Gasteiger partial charge in [0.25, 0.3) is 0 Å². The monoisotopic (exact) mass is 211 g/mol. The zero-order valence-electron chi connectivity index (χ0n) is 10.1. The standard InChI is InChI=1S/C10H21N5/c1-5-6-10(2,8-11-3)7-9-12-14-15(4)13-9/h11H,5-8H2,1-4H3. The molecule has 0 aliphatic heterocycles. The Morgan fingerprint density at radius 3 is 2.67 bits per heavy atom. The smallest absolute Gasteiger partial charge is 0.175 e. The molecule has 1 heterocycles. The minimum atomic E-state index is 0.229. The molecule has 1 aromatic rings. The number of nitrogens with zero attached hydrogens (tertiary/aromatic N) is 4. The van der Waals surface area contributed by atoms with Crippen molar-refractivity contribution in [3.05, 3.63) is 5.82 Å². The van der Waals surface area contributed by atoms with Gasteiger partial charge in [0, 0.05) is 13.0 Å². The van der Waals surface area contributed by atoms with Crippen LogP contribution in [0.4, 0.5) is 0 Å². The van der Waals surface area contributed by atoms with Crippen molar-refractivity contribution in [3.63, 3.8) is 0 Å². The molecule has 0 saturated carbocycles. The number of rotatable bonds is 6. The minimum Gasteiger partial charge on any atom is -0.319 e. The lowest BCUT2D eigenvalue weighted by Gasteiger charge is -2.27. The predicted molar refractivity (Wildman–Crippen MR) is 59.4 cm³/mol. The van der Waals surface area contributed by atoms with Crippen molar-refractivity contribution in [2.75, 3.05) is 13.6 Å². The highest BCUT2D eigenvalue weighted by Gasteiger charge is 2.25. The van der Waals surface area contributed by atoms with Crippen LogP contribution in [0.3, 0.4) is 0 Å². The van der Waals surface area contributed by atoms with Gasteiger partial charge in [0.1, 0.15) is 0 Å². The summed E-state index contributed by atoms with van der Waals surface area (Å²) in [4.78, 5) is 1.51. The van der Waals surface area contributed by atoms with Gasteiger partial charge in [-0.25, -0.2) is 0 Å². The van der Waals surface area contributed by atoms with Crippen LogP contribution in [0.5, 0.6) is 0 Å². The van der Waals surface area contributed by atoms with Gasteiger partial charge in [-0.3, -0.25) is 0 Å². The topological polar surface area (TPSA) is 55.6 Å². The first-order chi connectivity index (χ1) is 7.09. The largest absolute Gasteiger partial charge is 0.319 e. The molecule has 0 radical (unpaired) electrons. The van der Waals surface area contributed by atoms with E-state index in [1.165, 1.54) is 17.6 Å². The van der Waals surface area contributed by atoms with E-state index in [9.17, 15) is 0 Å². The molecule has 1 atom stereocenters. The highest BCUT2D eigenvalue weighted by Crippen LogP contribution is 2.25. The quantitative estimate of drug-likeness (QED) is 0.755. The summed E-state index contributed by atoms with van der Waals surface area (Å²) in [5.41, 5.74) is 0.229. The minimum absolute atomic E-state index is 0.229. The second-order valence-corrected chi connectivity index (χ2v) is 4.46. The lowest BCUT2D eigenvalue weighted by molar-refractivity contribution is 0.277. The summed E-state index contributed by atoms with van der Waals surface area (Å²) < 4.78 is 0. The number of hydrogen-bond donors (Lipinski definition) is 1. The van der Waals surface area contributed by atoms with Crippen LogP contribution < -0.4 is 5.32 Å². The number of aromatic nitrogens is 4. The molecular weight excluding hydrogens is 190 g/mol. The first-order valence-corrected chi connectivity index (χ1v) is 5.47. The molecule has 1 N–H and O–H groups in total. The van der Waals surface area contributed by atoms with Crippen LogP contribution in [-0.4, -0.2) is 33.8 Å². The summed E-state index contributed by atoms with van der Waals surface area (Å²) in [7, 11) is 3.78. The third-order valence-electron chi connectivity index (χ3n) is 2.59. The Bertz CT molecular complexity index is 288. The molecule has 15 heavy (non-hydrogen) atoms. The SMILES string of the molecule is CCCC(C)(CNC)Cc1nnn(C)n1. The zero-order valence-corrected chi connectivity index (χ0v) is 10.1. The molecule has 5 heteroatoms. The van der Waals surface area contributed by atoms with Crippen LogP contribution in [0.2, 0.25) is 0 Å². The summed E-state index contributed by atoms with van der Waals surface area (Å²) >= 11 is 0. The normalized spacial score (nSPS) is 15.2. The predicted octanol–water partition coefficient (Wildman–Crippen LogP) is 0.778. The molecule has 0 bridgehead atoms. The van der Waals surface area contributed by atoms with Gasteiger partial charge in [-0.15, -0.1) is 10.2 Å².